The second-order valence-electron chi connectivity index (χ2n) is 7.20. The Morgan fingerprint density at radius 1 is 1.26 bits per heavy atom. The summed E-state index contributed by atoms with van der Waals surface area (Å²) in [5, 5.41) is 0. The summed E-state index contributed by atoms with van der Waals surface area (Å²) in [5.41, 5.74) is 7.13. The van der Waals surface area contributed by atoms with Crippen LogP contribution >= 0.6 is 0 Å². The molecule has 1 amide bonds. The van der Waals surface area contributed by atoms with E-state index in [2.05, 4.69) is 11.1 Å². The van der Waals surface area contributed by atoms with Gasteiger partial charge in [-0.1, -0.05) is 11.6 Å². The zero-order valence-corrected chi connectivity index (χ0v) is 14.7. The average molecular weight is 322 g/mol. The van der Waals surface area contributed by atoms with Gasteiger partial charge in [0.05, 0.1) is 0 Å². The Bertz CT molecular complexity index is 471. The summed E-state index contributed by atoms with van der Waals surface area (Å²) in [6, 6.07) is 0. The molecule has 0 spiro atoms. The lowest BCUT2D eigenvalue weighted by Crippen LogP contribution is -2.53. The van der Waals surface area contributed by atoms with Crippen molar-refractivity contribution in [2.45, 2.75) is 52.1 Å². The molecule has 0 aromatic carbocycles. The maximum absolute atomic E-state index is 12.0. The Labute approximate surface area is 139 Å². The zero-order valence-electron chi connectivity index (χ0n) is 14.7. The van der Waals surface area contributed by atoms with E-state index >= 15 is 0 Å². The van der Waals surface area contributed by atoms with Gasteiger partial charge in [0.2, 0.25) is 0 Å². The molecule has 2 aliphatic rings. The van der Waals surface area contributed by atoms with Crippen LogP contribution in [0.2, 0.25) is 0 Å². The quantitative estimate of drug-likeness (QED) is 0.492. The van der Waals surface area contributed by atoms with Crippen molar-refractivity contribution in [1.82, 2.24) is 9.80 Å². The highest BCUT2D eigenvalue weighted by atomic mass is 16.6. The number of allylic oxidation sites excluding steroid dienone is 1. The lowest BCUT2D eigenvalue weighted by molar-refractivity contribution is 0.0186. The van der Waals surface area contributed by atoms with Crippen molar-refractivity contribution in [3.05, 3.63) is 11.6 Å². The molecule has 1 aliphatic heterocycles. The number of carbonyl (C=O) groups is 1. The molecule has 0 unspecified atom stereocenters. The summed E-state index contributed by atoms with van der Waals surface area (Å²) >= 11 is 0. The number of guanidine groups is 1. The van der Waals surface area contributed by atoms with Crippen LogP contribution in [0.3, 0.4) is 0 Å². The van der Waals surface area contributed by atoms with Crippen LogP contribution in [0.25, 0.3) is 0 Å². The van der Waals surface area contributed by atoms with E-state index in [0.29, 0.717) is 32.1 Å². The molecule has 2 rings (SSSR count). The van der Waals surface area contributed by atoms with Crippen molar-refractivity contribution >= 4 is 12.1 Å². The highest BCUT2D eigenvalue weighted by Gasteiger charge is 2.26. The third-order valence-corrected chi connectivity index (χ3v) is 4.10. The summed E-state index contributed by atoms with van der Waals surface area (Å²) < 4.78 is 5.40. The van der Waals surface area contributed by atoms with Gasteiger partial charge in [-0.25, -0.2) is 4.79 Å². The van der Waals surface area contributed by atoms with Crippen LogP contribution in [-0.4, -0.2) is 60.2 Å². The fourth-order valence-electron chi connectivity index (χ4n) is 2.82. The number of amides is 1. The van der Waals surface area contributed by atoms with E-state index in [9.17, 15) is 4.79 Å². The van der Waals surface area contributed by atoms with Gasteiger partial charge >= 0.3 is 6.09 Å². The molecule has 0 bridgehead atoms. The third-order valence-electron chi connectivity index (χ3n) is 4.10. The van der Waals surface area contributed by atoms with Crippen LogP contribution in [0.15, 0.2) is 16.6 Å². The number of ether oxygens (including phenoxy) is 1. The van der Waals surface area contributed by atoms with Crippen LogP contribution < -0.4 is 5.73 Å². The van der Waals surface area contributed by atoms with Gasteiger partial charge in [0, 0.05) is 32.7 Å². The topological polar surface area (TPSA) is 71.2 Å². The maximum Gasteiger partial charge on any atom is 0.410 e. The zero-order chi connectivity index (χ0) is 16.9. The number of nitrogens with two attached hydrogens (primary N) is 1. The fourth-order valence-corrected chi connectivity index (χ4v) is 2.82. The third kappa shape index (κ3) is 5.77. The SMILES string of the molecule is CC(C)(C)OC(=O)N1CCN(C(N)=NCCC2=CCCC2)CC1. The monoisotopic (exact) mass is 322 g/mol. The highest BCUT2D eigenvalue weighted by Crippen LogP contribution is 2.20. The van der Waals surface area contributed by atoms with Crippen molar-refractivity contribution in [3.63, 3.8) is 0 Å². The molecule has 1 fully saturated rings. The molecule has 1 saturated heterocycles. The van der Waals surface area contributed by atoms with Crippen LogP contribution in [0, 0.1) is 0 Å². The van der Waals surface area contributed by atoms with Crippen molar-refractivity contribution in [2.24, 2.45) is 10.7 Å². The first-order chi connectivity index (χ1) is 10.8. The predicted molar refractivity (Wildman–Crippen MR) is 92.4 cm³/mol. The van der Waals surface area contributed by atoms with Gasteiger partial charge in [-0.3, -0.25) is 4.99 Å². The van der Waals surface area contributed by atoms with Gasteiger partial charge < -0.3 is 20.3 Å². The number of hydrogen-bond donors (Lipinski definition) is 1. The highest BCUT2D eigenvalue weighted by molar-refractivity contribution is 5.78. The Balaban J connectivity index is 1.73. The van der Waals surface area contributed by atoms with Gasteiger partial charge in [-0.15, -0.1) is 0 Å². The second-order valence-corrected chi connectivity index (χ2v) is 7.20. The van der Waals surface area contributed by atoms with Gasteiger partial charge in [0.15, 0.2) is 5.96 Å². The second kappa shape index (κ2) is 7.70. The molecule has 1 aliphatic carbocycles. The van der Waals surface area contributed by atoms with Crippen molar-refractivity contribution in [1.29, 1.82) is 0 Å². The molecule has 0 aromatic heterocycles. The van der Waals surface area contributed by atoms with E-state index in [4.69, 9.17) is 10.5 Å². The molecule has 6 nitrogen and oxygen atoms in total. The van der Waals surface area contributed by atoms with Crippen LogP contribution in [0.4, 0.5) is 4.79 Å². The van der Waals surface area contributed by atoms with E-state index in [1.54, 1.807) is 4.90 Å². The first-order valence-electron chi connectivity index (χ1n) is 8.56. The lowest BCUT2D eigenvalue weighted by atomic mass is 10.2. The first-order valence-corrected chi connectivity index (χ1v) is 8.56. The molecule has 0 saturated carbocycles. The number of carbonyl (C=O) groups excluding carboxylic acids is 1. The molecule has 6 heteroatoms. The van der Waals surface area contributed by atoms with E-state index in [-0.39, 0.29) is 6.09 Å². The van der Waals surface area contributed by atoms with Crippen LogP contribution in [-0.2, 0) is 4.74 Å². The smallest absolute Gasteiger partial charge is 0.410 e. The summed E-state index contributed by atoms with van der Waals surface area (Å²) in [7, 11) is 0. The van der Waals surface area contributed by atoms with E-state index in [1.807, 2.05) is 25.7 Å². The largest absolute Gasteiger partial charge is 0.444 e. The van der Waals surface area contributed by atoms with Crippen molar-refractivity contribution in [3.8, 4) is 0 Å². The minimum absolute atomic E-state index is 0.249. The van der Waals surface area contributed by atoms with Gasteiger partial charge in [0.1, 0.15) is 5.60 Å². The molecule has 0 atom stereocenters. The molecule has 130 valence electrons. The number of rotatable bonds is 3. The van der Waals surface area contributed by atoms with Crippen molar-refractivity contribution < 1.29 is 9.53 Å². The van der Waals surface area contributed by atoms with Crippen LogP contribution in [0.1, 0.15) is 46.5 Å². The van der Waals surface area contributed by atoms with Gasteiger partial charge in [-0.05, 0) is 46.5 Å². The van der Waals surface area contributed by atoms with Crippen molar-refractivity contribution in [2.75, 3.05) is 32.7 Å². The lowest BCUT2D eigenvalue weighted by Gasteiger charge is -2.36. The summed E-state index contributed by atoms with van der Waals surface area (Å²) in [4.78, 5) is 20.3. The Hall–Kier alpha value is -1.72. The maximum atomic E-state index is 12.0. The molecule has 2 N–H and O–H groups in total. The molecular formula is C17H30N4O2. The van der Waals surface area contributed by atoms with Gasteiger partial charge in [-0.2, -0.15) is 0 Å². The molecule has 1 heterocycles. The minimum Gasteiger partial charge on any atom is -0.444 e. The van der Waals surface area contributed by atoms with Gasteiger partial charge in [0.25, 0.3) is 0 Å². The number of nitrogens with zero attached hydrogens (tertiary/aromatic N) is 3. The molecule has 0 radical (unpaired) electrons. The molecular weight excluding hydrogens is 292 g/mol. The van der Waals surface area contributed by atoms with E-state index in [0.717, 1.165) is 13.0 Å². The fraction of sp³-hybridized carbons (Fsp3) is 0.765. The minimum atomic E-state index is -0.455. The number of hydrogen-bond acceptors (Lipinski definition) is 3. The van der Waals surface area contributed by atoms with E-state index in [1.165, 1.54) is 24.8 Å². The summed E-state index contributed by atoms with van der Waals surface area (Å²) in [6.07, 6.45) is 6.79. The Morgan fingerprint density at radius 2 is 1.91 bits per heavy atom. The Morgan fingerprint density at radius 3 is 2.48 bits per heavy atom. The normalized spacial score (nSPS) is 19.8. The van der Waals surface area contributed by atoms with Crippen LogP contribution in [0.5, 0.6) is 0 Å². The molecule has 23 heavy (non-hydrogen) atoms. The Kier molecular flexibility index (Phi) is 5.91. The summed E-state index contributed by atoms with van der Waals surface area (Å²) in [5.74, 6) is 0.590. The first kappa shape index (κ1) is 17.6. The number of aliphatic imine (C=N–C) groups is 1. The van der Waals surface area contributed by atoms with E-state index < -0.39 is 5.60 Å². The average Bonchev–Trinajstić information content (AvgIpc) is 2.99. The number of piperazine rings is 1. The molecule has 0 aromatic rings. The summed E-state index contributed by atoms with van der Waals surface area (Å²) in [6.45, 7) is 9.05. The predicted octanol–water partition coefficient (Wildman–Crippen LogP) is 2.35. The standard InChI is InChI=1S/C17H30N4O2/c1-17(2,3)23-16(22)21-12-10-20(11-13-21)15(18)19-9-8-14-6-4-5-7-14/h6H,4-5,7-13H2,1-3H3,(H2,18,19).